The molecule has 0 unspecified atom stereocenters. The molecule has 7 heteroatoms. The summed E-state index contributed by atoms with van der Waals surface area (Å²) in [4.78, 5) is 11.7. The Balaban J connectivity index is 2.23. The van der Waals surface area contributed by atoms with Gasteiger partial charge < -0.3 is 10.1 Å². The predicted molar refractivity (Wildman–Crippen MR) is 62.3 cm³/mol. The summed E-state index contributed by atoms with van der Waals surface area (Å²) in [5, 5.41) is 12.7. The van der Waals surface area contributed by atoms with E-state index in [-0.39, 0.29) is 11.6 Å². The van der Waals surface area contributed by atoms with Gasteiger partial charge in [0.2, 0.25) is 0 Å². The van der Waals surface area contributed by atoms with Crippen LogP contribution in [-0.4, -0.2) is 28.4 Å². The van der Waals surface area contributed by atoms with Gasteiger partial charge in [0, 0.05) is 5.02 Å². The lowest BCUT2D eigenvalue weighted by Crippen LogP contribution is -2.13. The molecule has 1 amide bonds. The predicted octanol–water partition coefficient (Wildman–Crippen LogP) is 1.72. The Kier molecular flexibility index (Phi) is 3.24. The maximum Gasteiger partial charge on any atom is 0.277 e. The van der Waals surface area contributed by atoms with Crippen LogP contribution in [0.15, 0.2) is 24.4 Å². The van der Waals surface area contributed by atoms with Gasteiger partial charge in [-0.1, -0.05) is 11.6 Å². The fourth-order valence-electron chi connectivity index (χ4n) is 1.28. The molecule has 0 aliphatic heterocycles. The molecule has 0 saturated heterocycles. The lowest BCUT2D eigenvalue weighted by molar-refractivity contribution is 0.102. The average molecular weight is 253 g/mol. The molecule has 6 nitrogen and oxygen atoms in total. The van der Waals surface area contributed by atoms with Crippen molar-refractivity contribution in [2.75, 3.05) is 12.4 Å². The fourth-order valence-corrected chi connectivity index (χ4v) is 1.45. The highest BCUT2D eigenvalue weighted by atomic mass is 35.5. The van der Waals surface area contributed by atoms with E-state index in [4.69, 9.17) is 16.3 Å². The molecule has 88 valence electrons. The minimum Gasteiger partial charge on any atom is -0.495 e. The minimum atomic E-state index is -0.390. The Labute approximate surface area is 102 Å². The van der Waals surface area contributed by atoms with E-state index in [9.17, 15) is 4.79 Å². The second-order valence-corrected chi connectivity index (χ2v) is 3.59. The molecule has 0 aliphatic rings. The Bertz CT molecular complexity index is 527. The van der Waals surface area contributed by atoms with Crippen LogP contribution in [-0.2, 0) is 0 Å². The molecule has 2 N–H and O–H groups in total. The summed E-state index contributed by atoms with van der Waals surface area (Å²) in [5.74, 6) is 0.130. The first-order chi connectivity index (χ1) is 8.20. The highest BCUT2D eigenvalue weighted by Gasteiger charge is 2.12. The molecule has 0 radical (unpaired) electrons. The van der Waals surface area contributed by atoms with Crippen LogP contribution in [0.4, 0.5) is 5.69 Å². The maximum atomic E-state index is 11.7. The van der Waals surface area contributed by atoms with Crippen LogP contribution < -0.4 is 10.1 Å². The van der Waals surface area contributed by atoms with Crippen molar-refractivity contribution in [2.45, 2.75) is 0 Å². The smallest absolute Gasteiger partial charge is 0.277 e. The average Bonchev–Trinajstić information content (AvgIpc) is 2.83. The third-order valence-electron chi connectivity index (χ3n) is 2.06. The molecule has 0 fully saturated rings. The molecule has 17 heavy (non-hydrogen) atoms. The zero-order valence-electron chi connectivity index (χ0n) is 8.90. The largest absolute Gasteiger partial charge is 0.495 e. The van der Waals surface area contributed by atoms with Crippen LogP contribution in [0.25, 0.3) is 0 Å². The van der Waals surface area contributed by atoms with Crippen LogP contribution in [0, 0.1) is 0 Å². The van der Waals surface area contributed by atoms with Gasteiger partial charge in [-0.15, -0.1) is 0 Å². The first-order valence-corrected chi connectivity index (χ1v) is 5.09. The Hall–Kier alpha value is -2.08. The van der Waals surface area contributed by atoms with Crippen LogP contribution in [0.2, 0.25) is 5.02 Å². The summed E-state index contributed by atoms with van der Waals surface area (Å²) in [6, 6.07) is 4.94. The molecular formula is C10H9ClN4O2. The van der Waals surface area contributed by atoms with E-state index in [1.165, 1.54) is 13.3 Å². The van der Waals surface area contributed by atoms with Crippen LogP contribution in [0.1, 0.15) is 10.5 Å². The summed E-state index contributed by atoms with van der Waals surface area (Å²) >= 11 is 5.84. The van der Waals surface area contributed by atoms with Crippen molar-refractivity contribution >= 4 is 23.2 Å². The SMILES string of the molecule is COc1ccc(Cl)cc1NC(=O)c1cn[nH]n1. The number of anilines is 1. The van der Waals surface area contributed by atoms with Crippen LogP contribution in [0.5, 0.6) is 5.75 Å². The lowest BCUT2D eigenvalue weighted by atomic mass is 10.3. The van der Waals surface area contributed by atoms with Crippen LogP contribution >= 0.6 is 11.6 Å². The number of carbonyl (C=O) groups excluding carboxylic acids is 1. The third-order valence-corrected chi connectivity index (χ3v) is 2.29. The Morgan fingerprint density at radius 3 is 3.00 bits per heavy atom. The molecule has 0 saturated carbocycles. The molecule has 0 spiro atoms. The van der Waals surface area contributed by atoms with Crippen molar-refractivity contribution in [3.63, 3.8) is 0 Å². The van der Waals surface area contributed by atoms with Crippen molar-refractivity contribution in [2.24, 2.45) is 0 Å². The van der Waals surface area contributed by atoms with E-state index in [1.54, 1.807) is 18.2 Å². The van der Waals surface area contributed by atoms with Crippen molar-refractivity contribution in [3.8, 4) is 5.75 Å². The summed E-state index contributed by atoms with van der Waals surface area (Å²) in [7, 11) is 1.51. The van der Waals surface area contributed by atoms with Crippen molar-refractivity contribution in [1.29, 1.82) is 0 Å². The molecule has 0 bridgehead atoms. The standard InChI is InChI=1S/C10H9ClN4O2/c1-17-9-3-2-6(11)4-7(9)13-10(16)8-5-12-15-14-8/h2-5H,1H3,(H,13,16)(H,12,14,15). The summed E-state index contributed by atoms with van der Waals surface area (Å²) in [6.45, 7) is 0. The molecule has 0 atom stereocenters. The fraction of sp³-hybridized carbons (Fsp3) is 0.100. The van der Waals surface area contributed by atoms with Crippen LogP contribution in [0.3, 0.4) is 0 Å². The Morgan fingerprint density at radius 2 is 2.35 bits per heavy atom. The number of halogens is 1. The number of H-pyrrole nitrogens is 1. The van der Waals surface area contributed by atoms with E-state index < -0.39 is 0 Å². The normalized spacial score (nSPS) is 10.0. The first-order valence-electron chi connectivity index (χ1n) is 4.71. The maximum absolute atomic E-state index is 11.7. The quantitative estimate of drug-likeness (QED) is 0.872. The van der Waals surface area contributed by atoms with Gasteiger partial charge in [0.25, 0.3) is 5.91 Å². The lowest BCUT2D eigenvalue weighted by Gasteiger charge is -2.09. The number of aromatic amines is 1. The van der Waals surface area contributed by atoms with E-state index in [0.29, 0.717) is 16.5 Å². The number of aromatic nitrogens is 3. The molecule has 1 aromatic heterocycles. The topological polar surface area (TPSA) is 79.9 Å². The van der Waals surface area contributed by atoms with Gasteiger partial charge >= 0.3 is 0 Å². The molecular weight excluding hydrogens is 244 g/mol. The second kappa shape index (κ2) is 4.84. The molecule has 0 aliphatic carbocycles. The number of nitrogens with one attached hydrogen (secondary N) is 2. The highest BCUT2D eigenvalue weighted by molar-refractivity contribution is 6.31. The summed E-state index contributed by atoms with van der Waals surface area (Å²) in [5.41, 5.74) is 0.667. The van der Waals surface area contributed by atoms with Gasteiger partial charge in [-0.2, -0.15) is 15.4 Å². The summed E-state index contributed by atoms with van der Waals surface area (Å²) < 4.78 is 5.10. The number of amides is 1. The Morgan fingerprint density at radius 1 is 1.53 bits per heavy atom. The monoisotopic (exact) mass is 252 g/mol. The number of carbonyl (C=O) groups is 1. The van der Waals surface area contributed by atoms with Gasteiger partial charge in [-0.05, 0) is 18.2 Å². The van der Waals surface area contributed by atoms with Crippen molar-refractivity contribution in [3.05, 3.63) is 35.1 Å². The highest BCUT2D eigenvalue weighted by Crippen LogP contribution is 2.27. The van der Waals surface area contributed by atoms with E-state index in [0.717, 1.165) is 0 Å². The first kappa shape index (κ1) is 11.4. The number of nitrogens with zero attached hydrogens (tertiary/aromatic N) is 2. The van der Waals surface area contributed by atoms with Crippen molar-refractivity contribution < 1.29 is 9.53 Å². The van der Waals surface area contributed by atoms with Gasteiger partial charge in [0.15, 0.2) is 5.69 Å². The van der Waals surface area contributed by atoms with Gasteiger partial charge in [-0.3, -0.25) is 4.79 Å². The second-order valence-electron chi connectivity index (χ2n) is 3.15. The number of rotatable bonds is 3. The van der Waals surface area contributed by atoms with Gasteiger partial charge in [-0.25, -0.2) is 0 Å². The molecule has 1 aromatic carbocycles. The van der Waals surface area contributed by atoms with E-state index in [1.807, 2.05) is 0 Å². The zero-order chi connectivity index (χ0) is 12.3. The molecule has 1 heterocycles. The zero-order valence-corrected chi connectivity index (χ0v) is 9.65. The number of benzene rings is 1. The summed E-state index contributed by atoms with van der Waals surface area (Å²) in [6.07, 6.45) is 1.33. The molecule has 2 rings (SSSR count). The number of hydrogen-bond donors (Lipinski definition) is 2. The minimum absolute atomic E-state index is 0.187. The number of methoxy groups -OCH3 is 1. The van der Waals surface area contributed by atoms with Crippen molar-refractivity contribution in [1.82, 2.24) is 15.4 Å². The number of ether oxygens (including phenoxy) is 1. The molecule has 2 aromatic rings. The third kappa shape index (κ3) is 2.54. The number of hydrogen-bond acceptors (Lipinski definition) is 4. The van der Waals surface area contributed by atoms with Gasteiger partial charge in [0.1, 0.15) is 5.75 Å². The van der Waals surface area contributed by atoms with Gasteiger partial charge in [0.05, 0.1) is 19.0 Å². The van der Waals surface area contributed by atoms with E-state index >= 15 is 0 Å². The van der Waals surface area contributed by atoms with E-state index in [2.05, 4.69) is 20.7 Å².